The number of hydrogen-bond donors (Lipinski definition) is 0. The summed E-state index contributed by atoms with van der Waals surface area (Å²) in [5.41, 5.74) is 2.72. The minimum absolute atomic E-state index is 0.0849. The number of ketones is 1. The van der Waals surface area contributed by atoms with Crippen LogP contribution in [0.2, 0.25) is 0 Å². The Labute approximate surface area is 126 Å². The number of aryl methyl sites for hydroxylation is 1. The van der Waals surface area contributed by atoms with Gasteiger partial charge in [-0.1, -0.05) is 30.3 Å². The largest absolute Gasteiger partial charge is 0.294 e. The van der Waals surface area contributed by atoms with E-state index in [1.807, 2.05) is 12.1 Å². The van der Waals surface area contributed by atoms with E-state index in [1.165, 1.54) is 11.1 Å². The van der Waals surface area contributed by atoms with Gasteiger partial charge in [0, 0.05) is 5.92 Å². The Morgan fingerprint density at radius 1 is 1.10 bits per heavy atom. The van der Waals surface area contributed by atoms with Crippen molar-refractivity contribution in [3.63, 3.8) is 0 Å². The molecule has 1 nitrogen and oxygen atoms in total. The molecule has 102 valence electrons. The zero-order valence-electron chi connectivity index (χ0n) is 10.9. The minimum atomic E-state index is -0.448. The quantitative estimate of drug-likeness (QED) is 0.736. The molecule has 1 unspecified atom stereocenters. The molecule has 2 aromatic carbocycles. The summed E-state index contributed by atoms with van der Waals surface area (Å²) >= 11 is 3.14. The van der Waals surface area contributed by atoms with Crippen LogP contribution in [0.4, 0.5) is 4.39 Å². The Balaban J connectivity index is 1.88. The molecule has 0 saturated heterocycles. The summed E-state index contributed by atoms with van der Waals surface area (Å²) in [5, 5.41) is 0. The molecule has 1 atom stereocenters. The average molecular weight is 333 g/mol. The molecule has 0 amide bonds. The van der Waals surface area contributed by atoms with Crippen molar-refractivity contribution in [2.75, 3.05) is 0 Å². The topological polar surface area (TPSA) is 17.1 Å². The zero-order valence-corrected chi connectivity index (χ0v) is 12.5. The number of carbonyl (C=O) groups excluding carboxylic acids is 1. The lowest BCUT2D eigenvalue weighted by atomic mass is 9.80. The van der Waals surface area contributed by atoms with E-state index in [0.717, 1.165) is 12.8 Å². The first-order valence-corrected chi connectivity index (χ1v) is 7.51. The van der Waals surface area contributed by atoms with E-state index in [2.05, 4.69) is 28.1 Å². The smallest absolute Gasteiger partial charge is 0.169 e. The summed E-state index contributed by atoms with van der Waals surface area (Å²) < 4.78 is 14.4. The number of fused-ring (bicyclic) bond motifs is 1. The number of halogens is 2. The third kappa shape index (κ3) is 2.42. The van der Waals surface area contributed by atoms with Crippen LogP contribution in [0, 0.1) is 11.7 Å². The Kier molecular flexibility index (Phi) is 3.70. The summed E-state index contributed by atoms with van der Waals surface area (Å²) in [6, 6.07) is 13.1. The molecule has 0 aliphatic heterocycles. The Bertz CT molecular complexity index is 666. The molecule has 0 spiro atoms. The van der Waals surface area contributed by atoms with E-state index in [0.29, 0.717) is 10.9 Å². The van der Waals surface area contributed by atoms with Crippen molar-refractivity contribution in [3.8, 4) is 0 Å². The van der Waals surface area contributed by atoms with Gasteiger partial charge in [-0.2, -0.15) is 0 Å². The third-order valence-corrected chi connectivity index (χ3v) is 4.55. The summed E-state index contributed by atoms with van der Waals surface area (Å²) in [4.78, 5) is 12.5. The predicted octanol–water partition coefficient (Wildman–Crippen LogP) is 4.58. The van der Waals surface area contributed by atoms with Gasteiger partial charge in [0.1, 0.15) is 5.82 Å². The molecule has 3 heteroatoms. The molecule has 0 saturated carbocycles. The summed E-state index contributed by atoms with van der Waals surface area (Å²) in [6.07, 6.45) is 2.39. The van der Waals surface area contributed by atoms with Crippen LogP contribution in [-0.2, 0) is 12.8 Å². The molecule has 2 aromatic rings. The van der Waals surface area contributed by atoms with Crippen molar-refractivity contribution in [2.45, 2.75) is 19.3 Å². The Morgan fingerprint density at radius 2 is 1.85 bits per heavy atom. The van der Waals surface area contributed by atoms with Crippen LogP contribution in [0.1, 0.15) is 27.9 Å². The van der Waals surface area contributed by atoms with Crippen molar-refractivity contribution in [3.05, 3.63) is 69.4 Å². The molecule has 0 bridgehead atoms. The Morgan fingerprint density at radius 3 is 2.65 bits per heavy atom. The second kappa shape index (κ2) is 5.49. The van der Waals surface area contributed by atoms with Gasteiger partial charge in [0.25, 0.3) is 0 Å². The molecule has 0 N–H and O–H groups in total. The lowest BCUT2D eigenvalue weighted by Crippen LogP contribution is -2.23. The fourth-order valence-corrected chi connectivity index (χ4v) is 3.20. The van der Waals surface area contributed by atoms with Gasteiger partial charge in [0.2, 0.25) is 0 Å². The summed E-state index contributed by atoms with van der Waals surface area (Å²) in [7, 11) is 0. The van der Waals surface area contributed by atoms with Gasteiger partial charge in [0.15, 0.2) is 5.78 Å². The molecule has 3 rings (SSSR count). The Hall–Kier alpha value is -1.48. The summed E-state index contributed by atoms with van der Waals surface area (Å²) in [5.74, 6) is -0.650. The van der Waals surface area contributed by atoms with Crippen LogP contribution in [0.15, 0.2) is 46.9 Å². The van der Waals surface area contributed by atoms with Crippen molar-refractivity contribution >= 4 is 21.7 Å². The second-order valence-electron chi connectivity index (χ2n) is 5.17. The zero-order chi connectivity index (χ0) is 14.1. The maximum atomic E-state index is 14.0. The summed E-state index contributed by atoms with van der Waals surface area (Å²) in [6.45, 7) is 0. The molecule has 0 radical (unpaired) electrons. The number of hydrogen-bond acceptors (Lipinski definition) is 1. The van der Waals surface area contributed by atoms with Gasteiger partial charge in [-0.3, -0.25) is 4.79 Å². The van der Waals surface area contributed by atoms with Gasteiger partial charge in [-0.05, 0) is 58.5 Å². The van der Waals surface area contributed by atoms with Crippen LogP contribution in [0.3, 0.4) is 0 Å². The molecular formula is C17H14BrFO. The highest BCUT2D eigenvalue weighted by Gasteiger charge is 2.27. The first-order valence-electron chi connectivity index (χ1n) is 6.72. The van der Waals surface area contributed by atoms with E-state index >= 15 is 0 Å². The lowest BCUT2D eigenvalue weighted by molar-refractivity contribution is 0.0904. The SMILES string of the molecule is O=C(c1cccc(Br)c1F)C1CCc2ccccc2C1. The van der Waals surface area contributed by atoms with Crippen LogP contribution < -0.4 is 0 Å². The van der Waals surface area contributed by atoms with Crippen LogP contribution in [0.25, 0.3) is 0 Å². The predicted molar refractivity (Wildman–Crippen MR) is 80.4 cm³/mol. The minimum Gasteiger partial charge on any atom is -0.294 e. The first-order chi connectivity index (χ1) is 9.66. The molecule has 0 aromatic heterocycles. The van der Waals surface area contributed by atoms with Crippen molar-refractivity contribution in [1.29, 1.82) is 0 Å². The van der Waals surface area contributed by atoms with E-state index in [9.17, 15) is 9.18 Å². The fourth-order valence-electron chi connectivity index (χ4n) is 2.84. The van der Waals surface area contributed by atoms with Crippen LogP contribution >= 0.6 is 15.9 Å². The van der Waals surface area contributed by atoms with E-state index in [1.54, 1.807) is 18.2 Å². The highest BCUT2D eigenvalue weighted by molar-refractivity contribution is 9.10. The van der Waals surface area contributed by atoms with Gasteiger partial charge < -0.3 is 0 Å². The number of Topliss-reactive ketones (excluding diaryl/α,β-unsaturated/α-hetero) is 1. The van der Waals surface area contributed by atoms with Crippen LogP contribution in [0.5, 0.6) is 0 Å². The average Bonchev–Trinajstić information content (AvgIpc) is 2.49. The van der Waals surface area contributed by atoms with Gasteiger partial charge in [-0.25, -0.2) is 4.39 Å². The van der Waals surface area contributed by atoms with Crippen molar-refractivity contribution < 1.29 is 9.18 Å². The highest BCUT2D eigenvalue weighted by atomic mass is 79.9. The van der Waals surface area contributed by atoms with E-state index < -0.39 is 5.82 Å². The van der Waals surface area contributed by atoms with Gasteiger partial charge in [-0.15, -0.1) is 0 Å². The standard InChI is InChI=1S/C17H14BrFO/c18-15-7-3-6-14(16(15)19)17(20)13-9-8-11-4-1-2-5-12(11)10-13/h1-7,13H,8-10H2. The fraction of sp³-hybridized carbons (Fsp3) is 0.235. The molecular weight excluding hydrogens is 319 g/mol. The van der Waals surface area contributed by atoms with E-state index in [-0.39, 0.29) is 17.3 Å². The molecule has 0 heterocycles. The molecule has 20 heavy (non-hydrogen) atoms. The maximum absolute atomic E-state index is 14.0. The monoisotopic (exact) mass is 332 g/mol. The third-order valence-electron chi connectivity index (χ3n) is 3.93. The lowest BCUT2D eigenvalue weighted by Gasteiger charge is -2.23. The number of carbonyl (C=O) groups is 1. The van der Waals surface area contributed by atoms with E-state index in [4.69, 9.17) is 0 Å². The van der Waals surface area contributed by atoms with Crippen LogP contribution in [-0.4, -0.2) is 5.78 Å². The number of rotatable bonds is 2. The van der Waals surface area contributed by atoms with Gasteiger partial charge >= 0.3 is 0 Å². The first kappa shape index (κ1) is 13.5. The molecule has 1 aliphatic rings. The normalized spacial score (nSPS) is 17.6. The maximum Gasteiger partial charge on any atom is 0.169 e. The second-order valence-corrected chi connectivity index (χ2v) is 6.03. The molecule has 0 fully saturated rings. The van der Waals surface area contributed by atoms with Crippen molar-refractivity contribution in [1.82, 2.24) is 0 Å². The highest BCUT2D eigenvalue weighted by Crippen LogP contribution is 2.29. The number of benzene rings is 2. The van der Waals surface area contributed by atoms with Gasteiger partial charge in [0.05, 0.1) is 10.0 Å². The van der Waals surface area contributed by atoms with Crippen molar-refractivity contribution in [2.24, 2.45) is 5.92 Å². The molecule has 1 aliphatic carbocycles.